The minimum Gasteiger partial charge on any atom is -0.463 e. The summed E-state index contributed by atoms with van der Waals surface area (Å²) in [7, 11) is 0. The van der Waals surface area contributed by atoms with E-state index in [0.29, 0.717) is 58.9 Å². The van der Waals surface area contributed by atoms with Crippen molar-refractivity contribution in [1.82, 2.24) is 4.98 Å². The van der Waals surface area contributed by atoms with Gasteiger partial charge in [0.25, 0.3) is 5.91 Å². The molecule has 0 unspecified atom stereocenters. The molecule has 8 nitrogen and oxygen atoms in total. The normalized spacial score (nSPS) is 15.9. The second-order valence-corrected chi connectivity index (χ2v) is 7.52. The van der Waals surface area contributed by atoms with Crippen molar-refractivity contribution < 1.29 is 18.7 Å². The SMILES string of the molecule is C=N/C(C)=N\C=C(/C)C(=O)Nc1nc(-c2ccco2)c(C(=O)C2CCOCC2)s1. The summed E-state index contributed by atoms with van der Waals surface area (Å²) in [5, 5.41) is 3.06. The zero-order valence-electron chi connectivity index (χ0n) is 16.3. The summed E-state index contributed by atoms with van der Waals surface area (Å²) in [6.45, 7) is 7.82. The molecule has 1 aliphatic heterocycles. The highest BCUT2D eigenvalue weighted by atomic mass is 32.1. The predicted molar refractivity (Wildman–Crippen MR) is 113 cm³/mol. The average molecular weight is 414 g/mol. The molecule has 2 aromatic rings. The minimum atomic E-state index is -0.365. The number of aliphatic imine (C=N–C) groups is 2. The molecule has 1 N–H and O–H groups in total. The van der Waals surface area contributed by atoms with E-state index < -0.39 is 0 Å². The summed E-state index contributed by atoms with van der Waals surface area (Å²) < 4.78 is 10.8. The van der Waals surface area contributed by atoms with Gasteiger partial charge in [-0.25, -0.2) is 15.0 Å². The monoisotopic (exact) mass is 414 g/mol. The Labute approximate surface area is 172 Å². The zero-order valence-corrected chi connectivity index (χ0v) is 17.1. The first-order chi connectivity index (χ1) is 14.0. The van der Waals surface area contributed by atoms with Crippen molar-refractivity contribution in [1.29, 1.82) is 0 Å². The Hall–Kier alpha value is -2.91. The van der Waals surface area contributed by atoms with Gasteiger partial charge < -0.3 is 9.15 Å². The number of hydrogen-bond donors (Lipinski definition) is 1. The number of furan rings is 1. The van der Waals surface area contributed by atoms with Gasteiger partial charge >= 0.3 is 0 Å². The Morgan fingerprint density at radius 3 is 2.76 bits per heavy atom. The first kappa shape index (κ1) is 20.8. The van der Waals surface area contributed by atoms with Crippen molar-refractivity contribution in [3.05, 3.63) is 35.0 Å². The second kappa shape index (κ2) is 9.53. The van der Waals surface area contributed by atoms with Crippen LogP contribution in [0.2, 0.25) is 0 Å². The molecule has 29 heavy (non-hydrogen) atoms. The number of carbonyl (C=O) groups excluding carboxylic acids is 2. The number of rotatable bonds is 6. The van der Waals surface area contributed by atoms with Crippen LogP contribution in [0.25, 0.3) is 11.5 Å². The molecule has 0 atom stereocenters. The Balaban J connectivity index is 1.85. The topological polar surface area (TPSA) is 106 Å². The fraction of sp³-hybridized carbons (Fsp3) is 0.350. The summed E-state index contributed by atoms with van der Waals surface area (Å²) in [4.78, 5) is 38.1. The molecule has 3 heterocycles. The van der Waals surface area contributed by atoms with Crippen molar-refractivity contribution in [2.24, 2.45) is 15.9 Å². The Morgan fingerprint density at radius 1 is 1.34 bits per heavy atom. The molecule has 0 aromatic carbocycles. The van der Waals surface area contributed by atoms with Crippen LogP contribution in [0.15, 0.2) is 44.6 Å². The molecular formula is C20H22N4O4S. The molecule has 1 saturated heterocycles. The van der Waals surface area contributed by atoms with Crippen LogP contribution < -0.4 is 5.32 Å². The van der Waals surface area contributed by atoms with Crippen molar-refractivity contribution >= 4 is 40.7 Å². The molecule has 9 heteroatoms. The molecule has 152 valence electrons. The lowest BCUT2D eigenvalue weighted by molar-refractivity contribution is -0.112. The van der Waals surface area contributed by atoms with Crippen LogP contribution in [-0.2, 0) is 9.53 Å². The lowest BCUT2D eigenvalue weighted by Crippen LogP contribution is -2.23. The van der Waals surface area contributed by atoms with Crippen LogP contribution in [0.5, 0.6) is 0 Å². The average Bonchev–Trinajstić information content (AvgIpc) is 3.41. The second-order valence-electron chi connectivity index (χ2n) is 6.53. The lowest BCUT2D eigenvalue weighted by atomic mass is 9.94. The van der Waals surface area contributed by atoms with Crippen molar-refractivity contribution in [3.63, 3.8) is 0 Å². The third kappa shape index (κ3) is 5.12. The smallest absolute Gasteiger partial charge is 0.254 e. The first-order valence-electron chi connectivity index (χ1n) is 9.15. The number of ketones is 1. The fourth-order valence-corrected chi connectivity index (χ4v) is 3.74. The predicted octanol–water partition coefficient (Wildman–Crippen LogP) is 3.97. The maximum Gasteiger partial charge on any atom is 0.254 e. The minimum absolute atomic E-state index is 0.00208. The van der Waals surface area contributed by atoms with Gasteiger partial charge in [-0.15, -0.1) is 0 Å². The maximum absolute atomic E-state index is 13.1. The van der Waals surface area contributed by atoms with E-state index in [2.05, 4.69) is 27.0 Å². The van der Waals surface area contributed by atoms with Gasteiger partial charge in [-0.3, -0.25) is 14.9 Å². The van der Waals surface area contributed by atoms with Crippen LogP contribution in [-0.4, -0.2) is 42.4 Å². The fourth-order valence-electron chi connectivity index (χ4n) is 2.75. The number of thiazole rings is 1. The standard InChI is InChI=1S/C20H22N4O4S/c1-12(11-22-13(2)21-3)19(26)24-20-23-16(15-5-4-8-28-15)18(29-20)17(25)14-6-9-27-10-7-14/h4-5,8,11,14H,3,6-7,9-10H2,1-2H3,(H,23,24,26)/b12-11+,22-13-. The van der Waals surface area contributed by atoms with Crippen LogP contribution in [0.4, 0.5) is 5.13 Å². The molecule has 2 aromatic heterocycles. The lowest BCUT2D eigenvalue weighted by Gasteiger charge is -2.20. The number of amides is 1. The van der Waals surface area contributed by atoms with Crippen LogP contribution in [0, 0.1) is 5.92 Å². The third-order valence-corrected chi connectivity index (χ3v) is 5.44. The van der Waals surface area contributed by atoms with E-state index in [1.807, 2.05) is 0 Å². The Bertz CT molecular complexity index is 953. The van der Waals surface area contributed by atoms with Gasteiger partial charge in [0.1, 0.15) is 16.4 Å². The Kier molecular flexibility index (Phi) is 6.84. The number of hydrogen-bond acceptors (Lipinski definition) is 7. The summed E-state index contributed by atoms with van der Waals surface area (Å²) in [5.74, 6) is 0.460. The number of Topliss-reactive ketones (excluding diaryl/α,β-unsaturated/α-hetero) is 1. The van der Waals surface area contributed by atoms with Crippen LogP contribution in [0.1, 0.15) is 36.4 Å². The van der Waals surface area contributed by atoms with E-state index >= 15 is 0 Å². The summed E-state index contributed by atoms with van der Waals surface area (Å²) in [5.41, 5.74) is 0.818. The number of nitrogens with one attached hydrogen (secondary N) is 1. The molecule has 1 aliphatic rings. The quantitative estimate of drug-likeness (QED) is 0.333. The van der Waals surface area contributed by atoms with Crippen molar-refractivity contribution in [2.45, 2.75) is 26.7 Å². The highest BCUT2D eigenvalue weighted by Gasteiger charge is 2.29. The molecule has 0 spiro atoms. The number of anilines is 1. The van der Waals surface area contributed by atoms with E-state index in [9.17, 15) is 9.59 Å². The van der Waals surface area contributed by atoms with E-state index in [0.717, 1.165) is 11.3 Å². The van der Waals surface area contributed by atoms with Gasteiger partial charge in [0.15, 0.2) is 16.7 Å². The van der Waals surface area contributed by atoms with E-state index in [1.54, 1.807) is 26.0 Å². The van der Waals surface area contributed by atoms with E-state index in [1.165, 1.54) is 12.5 Å². The highest BCUT2D eigenvalue weighted by Crippen LogP contribution is 2.35. The number of amidine groups is 1. The number of carbonyl (C=O) groups is 2. The largest absolute Gasteiger partial charge is 0.463 e. The molecule has 3 rings (SSSR count). The van der Waals surface area contributed by atoms with E-state index in [-0.39, 0.29) is 17.6 Å². The summed E-state index contributed by atoms with van der Waals surface area (Å²) in [6, 6.07) is 3.48. The van der Waals surface area contributed by atoms with Crippen LogP contribution in [0.3, 0.4) is 0 Å². The van der Waals surface area contributed by atoms with Gasteiger partial charge in [-0.2, -0.15) is 0 Å². The molecule has 1 fully saturated rings. The number of nitrogens with zero attached hydrogens (tertiary/aromatic N) is 3. The summed E-state index contributed by atoms with van der Waals surface area (Å²) >= 11 is 1.15. The van der Waals surface area contributed by atoms with Gasteiger partial charge in [0.2, 0.25) is 0 Å². The van der Waals surface area contributed by atoms with E-state index in [4.69, 9.17) is 9.15 Å². The van der Waals surface area contributed by atoms with Crippen molar-refractivity contribution in [2.75, 3.05) is 18.5 Å². The zero-order chi connectivity index (χ0) is 20.8. The highest BCUT2D eigenvalue weighted by molar-refractivity contribution is 7.18. The van der Waals surface area contributed by atoms with Gasteiger partial charge in [0.05, 0.1) is 6.26 Å². The van der Waals surface area contributed by atoms with Crippen molar-refractivity contribution in [3.8, 4) is 11.5 Å². The molecule has 1 amide bonds. The maximum atomic E-state index is 13.1. The molecule has 0 aliphatic carbocycles. The molecular weight excluding hydrogens is 392 g/mol. The molecule has 0 bridgehead atoms. The van der Waals surface area contributed by atoms with Gasteiger partial charge in [-0.05, 0) is 45.5 Å². The van der Waals surface area contributed by atoms with Gasteiger partial charge in [0, 0.05) is 30.9 Å². The molecule has 0 saturated carbocycles. The summed E-state index contributed by atoms with van der Waals surface area (Å²) in [6.07, 6.45) is 4.28. The first-order valence-corrected chi connectivity index (χ1v) is 9.97. The molecule has 0 radical (unpaired) electrons. The third-order valence-electron chi connectivity index (χ3n) is 4.45. The van der Waals surface area contributed by atoms with Crippen LogP contribution >= 0.6 is 11.3 Å². The number of ether oxygens (including phenoxy) is 1. The Morgan fingerprint density at radius 2 is 2.10 bits per heavy atom. The van der Waals surface area contributed by atoms with Gasteiger partial charge in [-0.1, -0.05) is 11.3 Å². The number of aromatic nitrogens is 1.